The molecule has 0 spiro atoms. The van der Waals surface area contributed by atoms with Gasteiger partial charge in [-0.1, -0.05) is 12.1 Å². The lowest BCUT2D eigenvalue weighted by Crippen LogP contribution is -2.42. The number of halogens is 3. The SMILES string of the molecule is O=C(O)C1CCCC(c2cccc(NC(=O)C(F)(F)F)c2)N1. The number of amides is 1. The first-order valence-electron chi connectivity index (χ1n) is 6.74. The van der Waals surface area contributed by atoms with E-state index >= 15 is 0 Å². The molecule has 22 heavy (non-hydrogen) atoms. The van der Waals surface area contributed by atoms with Crippen LogP contribution in [0.2, 0.25) is 0 Å². The first kappa shape index (κ1) is 16.3. The molecular weight excluding hydrogens is 301 g/mol. The summed E-state index contributed by atoms with van der Waals surface area (Å²) in [5, 5.41) is 13.8. The van der Waals surface area contributed by atoms with Crippen molar-refractivity contribution < 1.29 is 27.9 Å². The van der Waals surface area contributed by atoms with Gasteiger partial charge in [-0.2, -0.15) is 13.2 Å². The first-order chi connectivity index (χ1) is 10.3. The maximum Gasteiger partial charge on any atom is 0.471 e. The summed E-state index contributed by atoms with van der Waals surface area (Å²) in [6.45, 7) is 0. The summed E-state index contributed by atoms with van der Waals surface area (Å²) >= 11 is 0. The standard InChI is InChI=1S/C14H15F3N2O3/c15-14(16,17)13(22)18-9-4-1-3-8(7-9)10-5-2-6-11(19-10)12(20)21/h1,3-4,7,10-11,19H,2,5-6H2,(H,18,22)(H,20,21). The van der Waals surface area contributed by atoms with Gasteiger partial charge in [0.2, 0.25) is 0 Å². The molecular formula is C14H15F3N2O3. The van der Waals surface area contributed by atoms with Gasteiger partial charge < -0.3 is 10.4 Å². The van der Waals surface area contributed by atoms with E-state index in [1.54, 1.807) is 11.4 Å². The molecule has 1 amide bonds. The maximum atomic E-state index is 12.2. The highest BCUT2D eigenvalue weighted by Crippen LogP contribution is 2.28. The van der Waals surface area contributed by atoms with E-state index in [9.17, 15) is 22.8 Å². The number of benzene rings is 1. The van der Waals surface area contributed by atoms with Gasteiger partial charge in [-0.3, -0.25) is 14.9 Å². The Labute approximate surface area is 124 Å². The molecule has 0 bridgehead atoms. The number of aliphatic carboxylic acids is 1. The second-order valence-corrected chi connectivity index (χ2v) is 5.12. The zero-order valence-electron chi connectivity index (χ0n) is 11.5. The Balaban J connectivity index is 2.11. The molecule has 2 rings (SSSR count). The van der Waals surface area contributed by atoms with E-state index in [1.165, 1.54) is 18.2 Å². The molecule has 0 aliphatic carbocycles. The fourth-order valence-electron chi connectivity index (χ4n) is 2.43. The van der Waals surface area contributed by atoms with Crippen LogP contribution in [0.5, 0.6) is 0 Å². The molecule has 2 unspecified atom stereocenters. The second kappa shape index (κ2) is 6.35. The van der Waals surface area contributed by atoms with Crippen molar-refractivity contribution in [2.75, 3.05) is 5.32 Å². The topological polar surface area (TPSA) is 78.4 Å². The minimum Gasteiger partial charge on any atom is -0.480 e. The molecule has 1 aliphatic heterocycles. The quantitative estimate of drug-likeness (QED) is 0.800. The fourth-order valence-corrected chi connectivity index (χ4v) is 2.43. The van der Waals surface area contributed by atoms with Crippen molar-refractivity contribution in [3.05, 3.63) is 29.8 Å². The highest BCUT2D eigenvalue weighted by molar-refractivity contribution is 5.94. The van der Waals surface area contributed by atoms with Crippen molar-refractivity contribution in [3.8, 4) is 0 Å². The van der Waals surface area contributed by atoms with Crippen molar-refractivity contribution in [1.29, 1.82) is 0 Å². The monoisotopic (exact) mass is 316 g/mol. The van der Waals surface area contributed by atoms with Crippen LogP contribution in [0.15, 0.2) is 24.3 Å². The predicted octanol–water partition coefficient (Wildman–Crippen LogP) is 2.46. The Hall–Kier alpha value is -2.09. The second-order valence-electron chi connectivity index (χ2n) is 5.12. The number of piperidine rings is 1. The maximum absolute atomic E-state index is 12.2. The Kier molecular flexibility index (Phi) is 4.70. The molecule has 1 aromatic rings. The number of alkyl halides is 3. The van der Waals surface area contributed by atoms with Crippen molar-refractivity contribution in [2.45, 2.75) is 37.5 Å². The number of nitrogens with one attached hydrogen (secondary N) is 2. The van der Waals surface area contributed by atoms with E-state index in [4.69, 9.17) is 5.11 Å². The lowest BCUT2D eigenvalue weighted by Gasteiger charge is -2.29. The number of carbonyl (C=O) groups excluding carboxylic acids is 1. The lowest BCUT2D eigenvalue weighted by molar-refractivity contribution is -0.167. The number of carbonyl (C=O) groups is 2. The third-order valence-corrected chi connectivity index (χ3v) is 3.49. The number of carboxylic acids is 1. The summed E-state index contributed by atoms with van der Waals surface area (Å²) in [7, 11) is 0. The average Bonchev–Trinajstić information content (AvgIpc) is 2.46. The third kappa shape index (κ3) is 3.97. The molecule has 8 heteroatoms. The van der Waals surface area contributed by atoms with Crippen molar-refractivity contribution in [3.63, 3.8) is 0 Å². The molecule has 0 aromatic heterocycles. The Morgan fingerprint density at radius 1 is 1.27 bits per heavy atom. The minimum absolute atomic E-state index is 0.0269. The number of anilines is 1. The zero-order valence-corrected chi connectivity index (χ0v) is 11.5. The number of carboxylic acid groups (broad SMARTS) is 1. The summed E-state index contributed by atoms with van der Waals surface area (Å²) in [5.74, 6) is -2.99. The van der Waals surface area contributed by atoms with Gasteiger partial charge in [0.1, 0.15) is 6.04 Å². The van der Waals surface area contributed by atoms with Crippen LogP contribution in [0, 0.1) is 0 Å². The van der Waals surface area contributed by atoms with Crippen LogP contribution in [0.3, 0.4) is 0 Å². The lowest BCUT2D eigenvalue weighted by atomic mass is 9.93. The van der Waals surface area contributed by atoms with Crippen LogP contribution in [0.25, 0.3) is 0 Å². The van der Waals surface area contributed by atoms with Gasteiger partial charge in [0.05, 0.1) is 0 Å². The molecule has 1 fully saturated rings. The smallest absolute Gasteiger partial charge is 0.471 e. The zero-order chi connectivity index (χ0) is 16.3. The highest BCUT2D eigenvalue weighted by atomic mass is 19.4. The van der Waals surface area contributed by atoms with Gasteiger partial charge in [-0.15, -0.1) is 0 Å². The van der Waals surface area contributed by atoms with E-state index in [2.05, 4.69) is 5.32 Å². The van der Waals surface area contributed by atoms with Crippen LogP contribution in [-0.2, 0) is 9.59 Å². The van der Waals surface area contributed by atoms with Crippen LogP contribution in [-0.4, -0.2) is 29.2 Å². The Morgan fingerprint density at radius 3 is 2.64 bits per heavy atom. The van der Waals surface area contributed by atoms with E-state index in [0.29, 0.717) is 24.8 Å². The molecule has 1 saturated heterocycles. The highest BCUT2D eigenvalue weighted by Gasteiger charge is 2.38. The summed E-state index contributed by atoms with van der Waals surface area (Å²) in [4.78, 5) is 21.9. The summed E-state index contributed by atoms with van der Waals surface area (Å²) < 4.78 is 36.7. The Morgan fingerprint density at radius 2 is 2.00 bits per heavy atom. The van der Waals surface area contributed by atoms with E-state index in [0.717, 1.165) is 0 Å². The van der Waals surface area contributed by atoms with Crippen molar-refractivity contribution in [1.82, 2.24) is 5.32 Å². The predicted molar refractivity (Wildman–Crippen MR) is 72.3 cm³/mol. The summed E-state index contributed by atoms with van der Waals surface area (Å²) in [5.41, 5.74) is 0.671. The van der Waals surface area contributed by atoms with Gasteiger partial charge in [0, 0.05) is 11.7 Å². The molecule has 5 nitrogen and oxygen atoms in total. The molecule has 2 atom stereocenters. The molecule has 1 aliphatic rings. The van der Waals surface area contributed by atoms with Crippen LogP contribution in [0.4, 0.5) is 18.9 Å². The summed E-state index contributed by atoms with van der Waals surface area (Å²) in [6.07, 6.45) is -3.06. The molecule has 120 valence electrons. The minimum atomic E-state index is -4.95. The molecule has 3 N–H and O–H groups in total. The molecule has 0 saturated carbocycles. The molecule has 1 aromatic carbocycles. The van der Waals surface area contributed by atoms with Crippen LogP contribution < -0.4 is 10.6 Å². The van der Waals surface area contributed by atoms with E-state index in [-0.39, 0.29) is 11.7 Å². The van der Waals surface area contributed by atoms with Gasteiger partial charge >= 0.3 is 18.1 Å². The Bertz CT molecular complexity index is 575. The first-order valence-corrected chi connectivity index (χ1v) is 6.74. The van der Waals surface area contributed by atoms with Gasteiger partial charge in [0.15, 0.2) is 0 Å². The third-order valence-electron chi connectivity index (χ3n) is 3.49. The van der Waals surface area contributed by atoms with Crippen molar-refractivity contribution in [2.24, 2.45) is 0 Å². The van der Waals surface area contributed by atoms with Gasteiger partial charge in [-0.25, -0.2) is 0 Å². The number of hydrogen-bond donors (Lipinski definition) is 3. The largest absolute Gasteiger partial charge is 0.480 e. The fraction of sp³-hybridized carbons (Fsp3) is 0.429. The van der Waals surface area contributed by atoms with Gasteiger partial charge in [-0.05, 0) is 37.0 Å². The van der Waals surface area contributed by atoms with E-state index in [1.807, 2.05) is 0 Å². The van der Waals surface area contributed by atoms with E-state index < -0.39 is 24.1 Å². The normalized spacial score (nSPS) is 22.1. The van der Waals surface area contributed by atoms with Crippen LogP contribution in [0.1, 0.15) is 30.9 Å². The van der Waals surface area contributed by atoms with Crippen molar-refractivity contribution >= 4 is 17.6 Å². The number of rotatable bonds is 3. The molecule has 0 radical (unpaired) electrons. The van der Waals surface area contributed by atoms with Gasteiger partial charge in [0.25, 0.3) is 0 Å². The summed E-state index contributed by atoms with van der Waals surface area (Å²) in [6, 6.07) is 5.04. The van der Waals surface area contributed by atoms with Crippen LogP contribution >= 0.6 is 0 Å². The average molecular weight is 316 g/mol. The number of hydrogen-bond acceptors (Lipinski definition) is 3. The molecule has 1 heterocycles.